The van der Waals surface area contributed by atoms with Crippen LogP contribution in [0.15, 0.2) is 45.3 Å². The molecule has 1 N–H and O–H groups in total. The first kappa shape index (κ1) is 15.6. The fourth-order valence-electron chi connectivity index (χ4n) is 1.65. The molecule has 0 aromatic carbocycles. The maximum absolute atomic E-state index is 12.2. The summed E-state index contributed by atoms with van der Waals surface area (Å²) in [4.78, 5) is 5.19. The highest BCUT2D eigenvalue weighted by Crippen LogP contribution is 2.27. The second-order valence-corrected chi connectivity index (χ2v) is 8.65. The fourth-order valence-corrected chi connectivity index (χ4v) is 4.22. The van der Waals surface area contributed by atoms with E-state index in [4.69, 9.17) is 0 Å². The van der Waals surface area contributed by atoms with Crippen LogP contribution in [0.2, 0.25) is 0 Å². The van der Waals surface area contributed by atoms with Gasteiger partial charge in [-0.15, -0.1) is 11.3 Å². The molecule has 0 aliphatic carbocycles. The largest absolute Gasteiger partial charge is 0.262 e. The molecular weight excluding hydrogens is 360 g/mol. The minimum atomic E-state index is -3.54. The number of rotatable bonds is 5. The van der Waals surface area contributed by atoms with E-state index in [0.717, 1.165) is 4.88 Å². The standard InChI is InChI=1S/C13H15BrN2O2S2/c1-13(2,12-4-3-5-19-12)9-16-20(17,18)11-6-10(14)7-15-8-11/h3-8,16H,9H2,1-2H3. The second-order valence-electron chi connectivity index (χ2n) is 5.02. The van der Waals surface area contributed by atoms with Crippen LogP contribution in [0.25, 0.3) is 0 Å². The van der Waals surface area contributed by atoms with Crippen LogP contribution >= 0.6 is 27.3 Å². The summed E-state index contributed by atoms with van der Waals surface area (Å²) in [5.74, 6) is 0. The Morgan fingerprint density at radius 2 is 2.15 bits per heavy atom. The smallest absolute Gasteiger partial charge is 0.242 e. The van der Waals surface area contributed by atoms with E-state index in [9.17, 15) is 8.42 Å². The van der Waals surface area contributed by atoms with Crippen molar-refractivity contribution >= 4 is 37.3 Å². The van der Waals surface area contributed by atoms with E-state index in [1.165, 1.54) is 12.3 Å². The topological polar surface area (TPSA) is 59.1 Å². The van der Waals surface area contributed by atoms with E-state index in [1.807, 2.05) is 31.4 Å². The lowest BCUT2D eigenvalue weighted by atomic mass is 9.92. The van der Waals surface area contributed by atoms with Gasteiger partial charge in [0, 0.05) is 33.7 Å². The summed E-state index contributed by atoms with van der Waals surface area (Å²) in [5.41, 5.74) is -0.249. The van der Waals surface area contributed by atoms with Crippen LogP contribution < -0.4 is 4.72 Å². The molecule has 2 heterocycles. The van der Waals surface area contributed by atoms with Crippen molar-refractivity contribution in [1.82, 2.24) is 9.71 Å². The predicted octanol–water partition coefficient (Wildman–Crippen LogP) is 3.16. The molecule has 2 aromatic heterocycles. The van der Waals surface area contributed by atoms with Gasteiger partial charge in [-0.1, -0.05) is 19.9 Å². The molecule has 0 fully saturated rings. The quantitative estimate of drug-likeness (QED) is 0.874. The Morgan fingerprint density at radius 1 is 1.40 bits per heavy atom. The molecule has 0 amide bonds. The Kier molecular flexibility index (Phi) is 4.63. The van der Waals surface area contributed by atoms with Crippen LogP contribution in [0.4, 0.5) is 0 Å². The molecule has 0 radical (unpaired) electrons. The molecule has 7 heteroatoms. The normalized spacial score (nSPS) is 12.6. The Hall–Kier alpha value is -0.760. The summed E-state index contributed by atoms with van der Waals surface area (Å²) in [6.45, 7) is 4.36. The van der Waals surface area contributed by atoms with Crippen LogP contribution in [0.1, 0.15) is 18.7 Å². The molecule has 0 unspecified atom stereocenters. The van der Waals surface area contributed by atoms with Gasteiger partial charge in [0.1, 0.15) is 4.90 Å². The number of halogens is 1. The summed E-state index contributed by atoms with van der Waals surface area (Å²) >= 11 is 4.85. The van der Waals surface area contributed by atoms with Crippen LogP contribution in [-0.4, -0.2) is 19.9 Å². The van der Waals surface area contributed by atoms with Gasteiger partial charge in [-0.3, -0.25) is 4.98 Å². The van der Waals surface area contributed by atoms with Gasteiger partial charge in [-0.05, 0) is 33.4 Å². The van der Waals surface area contributed by atoms with E-state index in [1.54, 1.807) is 17.5 Å². The molecule has 0 aliphatic heterocycles. The van der Waals surface area contributed by atoms with Crippen LogP contribution in [0.3, 0.4) is 0 Å². The van der Waals surface area contributed by atoms with Gasteiger partial charge in [0.25, 0.3) is 0 Å². The van der Waals surface area contributed by atoms with Crippen molar-refractivity contribution in [2.24, 2.45) is 0 Å². The maximum Gasteiger partial charge on any atom is 0.242 e. The van der Waals surface area contributed by atoms with E-state index < -0.39 is 10.0 Å². The van der Waals surface area contributed by atoms with Crippen molar-refractivity contribution in [3.63, 3.8) is 0 Å². The van der Waals surface area contributed by atoms with Gasteiger partial charge in [0.05, 0.1) is 0 Å². The molecule has 108 valence electrons. The van der Waals surface area contributed by atoms with E-state index in [-0.39, 0.29) is 10.3 Å². The molecular formula is C13H15BrN2O2S2. The number of nitrogens with zero attached hydrogens (tertiary/aromatic N) is 1. The Bertz CT molecular complexity index is 682. The van der Waals surface area contributed by atoms with Crippen molar-refractivity contribution in [3.05, 3.63) is 45.3 Å². The lowest BCUT2D eigenvalue weighted by Gasteiger charge is -2.23. The number of pyridine rings is 1. The van der Waals surface area contributed by atoms with Crippen molar-refractivity contribution in [2.75, 3.05) is 6.54 Å². The second kappa shape index (κ2) is 5.93. The third-order valence-corrected chi connectivity index (χ3v) is 5.92. The Morgan fingerprint density at radius 3 is 2.75 bits per heavy atom. The van der Waals surface area contributed by atoms with Crippen molar-refractivity contribution < 1.29 is 8.42 Å². The Balaban J connectivity index is 2.14. The van der Waals surface area contributed by atoms with Crippen molar-refractivity contribution in [3.8, 4) is 0 Å². The predicted molar refractivity (Wildman–Crippen MR) is 84.5 cm³/mol. The zero-order chi connectivity index (χ0) is 14.8. The minimum Gasteiger partial charge on any atom is -0.262 e. The van der Waals surface area contributed by atoms with Gasteiger partial charge in [0.2, 0.25) is 10.0 Å². The molecule has 2 rings (SSSR count). The van der Waals surface area contributed by atoms with Gasteiger partial charge < -0.3 is 0 Å². The molecule has 0 bridgehead atoms. The number of sulfonamides is 1. The number of hydrogen-bond acceptors (Lipinski definition) is 4. The highest BCUT2D eigenvalue weighted by Gasteiger charge is 2.25. The minimum absolute atomic E-state index is 0.161. The van der Waals surface area contributed by atoms with E-state index in [0.29, 0.717) is 11.0 Å². The van der Waals surface area contributed by atoms with Gasteiger partial charge in [0.15, 0.2) is 0 Å². The highest BCUT2D eigenvalue weighted by atomic mass is 79.9. The molecule has 4 nitrogen and oxygen atoms in total. The summed E-state index contributed by atoms with van der Waals surface area (Å²) < 4.78 is 27.8. The maximum atomic E-state index is 12.2. The monoisotopic (exact) mass is 374 g/mol. The van der Waals surface area contributed by atoms with E-state index in [2.05, 4.69) is 25.6 Å². The van der Waals surface area contributed by atoms with E-state index >= 15 is 0 Å². The molecule has 0 spiro atoms. The summed E-state index contributed by atoms with van der Waals surface area (Å²) in [5, 5.41) is 1.99. The third-order valence-electron chi connectivity index (χ3n) is 2.88. The fraction of sp³-hybridized carbons (Fsp3) is 0.308. The molecule has 0 atom stereocenters. The van der Waals surface area contributed by atoms with Crippen LogP contribution in [-0.2, 0) is 15.4 Å². The number of aromatic nitrogens is 1. The summed E-state index contributed by atoms with van der Waals surface area (Å²) in [6, 6.07) is 5.52. The summed E-state index contributed by atoms with van der Waals surface area (Å²) in [6.07, 6.45) is 2.89. The first-order valence-corrected chi connectivity index (χ1v) is 9.11. The molecule has 2 aromatic rings. The lowest BCUT2D eigenvalue weighted by Crippen LogP contribution is -2.36. The van der Waals surface area contributed by atoms with Crippen LogP contribution in [0, 0.1) is 0 Å². The SMILES string of the molecule is CC(C)(CNS(=O)(=O)c1cncc(Br)c1)c1cccs1. The third kappa shape index (κ3) is 3.66. The zero-order valence-electron chi connectivity index (χ0n) is 11.1. The number of thiophene rings is 1. The van der Waals surface area contributed by atoms with Crippen molar-refractivity contribution in [1.29, 1.82) is 0 Å². The zero-order valence-corrected chi connectivity index (χ0v) is 14.3. The average molecular weight is 375 g/mol. The Labute approximate surface area is 131 Å². The average Bonchev–Trinajstić information content (AvgIpc) is 2.91. The summed E-state index contributed by atoms with van der Waals surface area (Å²) in [7, 11) is -3.54. The number of hydrogen-bond donors (Lipinski definition) is 1. The molecule has 20 heavy (non-hydrogen) atoms. The van der Waals surface area contributed by atoms with Gasteiger partial charge in [-0.2, -0.15) is 0 Å². The van der Waals surface area contributed by atoms with Gasteiger partial charge in [-0.25, -0.2) is 13.1 Å². The molecule has 0 saturated carbocycles. The van der Waals surface area contributed by atoms with Crippen molar-refractivity contribution in [2.45, 2.75) is 24.2 Å². The molecule has 0 saturated heterocycles. The molecule has 0 aliphatic rings. The lowest BCUT2D eigenvalue weighted by molar-refractivity contribution is 0.509. The van der Waals surface area contributed by atoms with Gasteiger partial charge >= 0.3 is 0 Å². The highest BCUT2D eigenvalue weighted by molar-refractivity contribution is 9.10. The first-order chi connectivity index (χ1) is 9.31. The first-order valence-electron chi connectivity index (χ1n) is 5.95. The number of nitrogens with one attached hydrogen (secondary N) is 1. The van der Waals surface area contributed by atoms with Crippen LogP contribution in [0.5, 0.6) is 0 Å².